The fraction of sp³-hybridized carbons (Fsp3) is 0.133. The zero-order chi connectivity index (χ0) is 23.3. The van der Waals surface area contributed by atoms with Crippen LogP contribution in [-0.4, -0.2) is 22.1 Å². The number of carbonyl (C=O) groups is 1. The Hall–Kier alpha value is -4.18. The van der Waals surface area contributed by atoms with E-state index in [2.05, 4.69) is 70.1 Å². The maximum absolute atomic E-state index is 12.7. The van der Waals surface area contributed by atoms with Crippen LogP contribution >= 0.6 is 0 Å². The molecule has 168 valence electrons. The maximum Gasteiger partial charge on any atom is 0.251 e. The molecule has 34 heavy (non-hydrogen) atoms. The van der Waals surface area contributed by atoms with Crippen LogP contribution in [0.1, 0.15) is 29.3 Å². The van der Waals surface area contributed by atoms with E-state index in [0.717, 1.165) is 35.4 Å². The molecule has 0 radical (unpaired) electrons. The van der Waals surface area contributed by atoms with Gasteiger partial charge in [0.2, 0.25) is 0 Å². The van der Waals surface area contributed by atoms with Gasteiger partial charge in [0.1, 0.15) is 0 Å². The first-order chi connectivity index (χ1) is 16.7. The topological polar surface area (TPSA) is 57.8 Å². The van der Waals surface area contributed by atoms with E-state index in [1.807, 2.05) is 55.5 Å². The Labute approximate surface area is 199 Å². The van der Waals surface area contributed by atoms with Gasteiger partial charge in [0, 0.05) is 22.7 Å². The molecule has 4 aromatic carbocycles. The van der Waals surface area contributed by atoms with Crippen LogP contribution in [0, 0.1) is 0 Å². The van der Waals surface area contributed by atoms with Crippen LogP contribution in [0.5, 0.6) is 0 Å². The fourth-order valence-corrected chi connectivity index (χ4v) is 4.27. The molecule has 5 rings (SSSR count). The highest BCUT2D eigenvalue weighted by Gasteiger charge is 2.12. The Morgan fingerprint density at radius 2 is 1.62 bits per heavy atom. The number of rotatable bonds is 7. The molecule has 0 spiro atoms. The minimum atomic E-state index is -0.0504. The molecule has 0 saturated carbocycles. The van der Waals surface area contributed by atoms with Crippen molar-refractivity contribution < 1.29 is 4.79 Å². The van der Waals surface area contributed by atoms with Crippen LogP contribution in [0.3, 0.4) is 0 Å². The van der Waals surface area contributed by atoms with Crippen molar-refractivity contribution in [1.29, 1.82) is 0 Å². The zero-order valence-electron chi connectivity index (χ0n) is 19.2. The van der Waals surface area contributed by atoms with Gasteiger partial charge in [-0.1, -0.05) is 84.9 Å². The third-order valence-electron chi connectivity index (χ3n) is 6.19. The van der Waals surface area contributed by atoms with Gasteiger partial charge in [0.05, 0.1) is 11.4 Å². The van der Waals surface area contributed by atoms with Crippen molar-refractivity contribution in [3.05, 3.63) is 114 Å². The van der Waals surface area contributed by atoms with E-state index in [1.165, 1.54) is 16.3 Å². The first-order valence-corrected chi connectivity index (χ1v) is 11.7. The summed E-state index contributed by atoms with van der Waals surface area (Å²) in [6, 6.07) is 34.7. The predicted molar refractivity (Wildman–Crippen MR) is 139 cm³/mol. The molecule has 1 atom stereocenters. The number of hydrogen-bond acceptors (Lipinski definition) is 2. The summed E-state index contributed by atoms with van der Waals surface area (Å²) in [4.78, 5) is 12.7. The molecule has 0 fully saturated rings. The Morgan fingerprint density at radius 3 is 2.44 bits per heavy atom. The second-order valence-corrected chi connectivity index (χ2v) is 8.67. The molecule has 1 heterocycles. The lowest BCUT2D eigenvalue weighted by Crippen LogP contribution is -2.32. The highest BCUT2D eigenvalue weighted by atomic mass is 16.1. The van der Waals surface area contributed by atoms with Gasteiger partial charge < -0.3 is 5.32 Å². The molecule has 0 saturated heterocycles. The largest absolute Gasteiger partial charge is 0.350 e. The van der Waals surface area contributed by atoms with Gasteiger partial charge in [-0.05, 0) is 54.3 Å². The number of amides is 1. The molecule has 0 aliphatic rings. The Morgan fingerprint density at radius 1 is 0.882 bits per heavy atom. The van der Waals surface area contributed by atoms with E-state index in [9.17, 15) is 4.79 Å². The molecule has 0 aliphatic carbocycles. The quantitative estimate of drug-likeness (QED) is 0.295. The maximum atomic E-state index is 12.7. The number of aryl methyl sites for hydroxylation is 1. The van der Waals surface area contributed by atoms with E-state index < -0.39 is 0 Å². The average molecular weight is 446 g/mol. The van der Waals surface area contributed by atoms with E-state index >= 15 is 0 Å². The number of fused-ring (bicyclic) bond motifs is 1. The number of benzene rings is 4. The second-order valence-electron chi connectivity index (χ2n) is 8.67. The summed E-state index contributed by atoms with van der Waals surface area (Å²) in [5.41, 5.74) is 5.86. The van der Waals surface area contributed by atoms with E-state index in [0.29, 0.717) is 5.56 Å². The lowest BCUT2D eigenvalue weighted by atomic mass is 10.0. The third-order valence-corrected chi connectivity index (χ3v) is 6.19. The molecule has 0 bridgehead atoms. The zero-order valence-corrected chi connectivity index (χ0v) is 19.2. The molecule has 4 heteroatoms. The Balaban J connectivity index is 1.25. The standard InChI is InChI=1S/C30H27N3O/c1-21(14-15-22-8-3-2-4-9-22)31-30(34)25-18-16-24(17-19-25)28-20-29(33-32-28)27-13-7-11-23-10-5-6-12-26(23)27/h2-13,16-21H,14-15H2,1H3,(H,31,34)(H,32,33). The summed E-state index contributed by atoms with van der Waals surface area (Å²) in [5, 5.41) is 13.2. The van der Waals surface area contributed by atoms with Crippen molar-refractivity contribution in [2.24, 2.45) is 0 Å². The number of carbonyl (C=O) groups excluding carboxylic acids is 1. The number of hydrogen-bond donors (Lipinski definition) is 2. The van der Waals surface area contributed by atoms with Crippen LogP contribution in [0.2, 0.25) is 0 Å². The van der Waals surface area contributed by atoms with E-state index in [4.69, 9.17) is 0 Å². The molecule has 1 unspecified atom stereocenters. The molecule has 0 aliphatic heterocycles. The summed E-state index contributed by atoms with van der Waals surface area (Å²) in [7, 11) is 0. The lowest BCUT2D eigenvalue weighted by molar-refractivity contribution is 0.0938. The van der Waals surface area contributed by atoms with Gasteiger partial charge in [0.15, 0.2) is 0 Å². The van der Waals surface area contributed by atoms with E-state index in [-0.39, 0.29) is 11.9 Å². The van der Waals surface area contributed by atoms with Gasteiger partial charge in [-0.2, -0.15) is 5.10 Å². The average Bonchev–Trinajstić information content (AvgIpc) is 3.38. The van der Waals surface area contributed by atoms with Gasteiger partial charge in [-0.25, -0.2) is 0 Å². The molecule has 1 aromatic heterocycles. The van der Waals surface area contributed by atoms with Crippen LogP contribution < -0.4 is 5.32 Å². The van der Waals surface area contributed by atoms with Crippen LogP contribution in [0.15, 0.2) is 103 Å². The molecule has 2 N–H and O–H groups in total. The Kier molecular flexibility index (Phi) is 6.21. The second kappa shape index (κ2) is 9.75. The summed E-state index contributed by atoms with van der Waals surface area (Å²) < 4.78 is 0. The number of aromatic amines is 1. The number of H-pyrrole nitrogens is 1. The number of nitrogens with zero attached hydrogens (tertiary/aromatic N) is 1. The van der Waals surface area contributed by atoms with Gasteiger partial charge in [0.25, 0.3) is 5.91 Å². The summed E-state index contributed by atoms with van der Waals surface area (Å²) in [5.74, 6) is -0.0504. The van der Waals surface area contributed by atoms with Gasteiger partial charge >= 0.3 is 0 Å². The summed E-state index contributed by atoms with van der Waals surface area (Å²) >= 11 is 0. The predicted octanol–water partition coefficient (Wildman–Crippen LogP) is 6.65. The van der Waals surface area contributed by atoms with E-state index in [1.54, 1.807) is 0 Å². The van der Waals surface area contributed by atoms with Crippen molar-refractivity contribution >= 4 is 16.7 Å². The van der Waals surface area contributed by atoms with Gasteiger partial charge in [-0.3, -0.25) is 9.89 Å². The summed E-state index contributed by atoms with van der Waals surface area (Å²) in [6.45, 7) is 2.05. The minimum Gasteiger partial charge on any atom is -0.350 e. The van der Waals surface area contributed by atoms with Gasteiger partial charge in [-0.15, -0.1) is 0 Å². The van der Waals surface area contributed by atoms with Crippen LogP contribution in [0.4, 0.5) is 0 Å². The highest BCUT2D eigenvalue weighted by Crippen LogP contribution is 2.29. The minimum absolute atomic E-state index is 0.0504. The third kappa shape index (κ3) is 4.76. The van der Waals surface area contributed by atoms with Crippen LogP contribution in [-0.2, 0) is 6.42 Å². The molecule has 4 nitrogen and oxygen atoms in total. The fourth-order valence-electron chi connectivity index (χ4n) is 4.27. The SMILES string of the molecule is CC(CCc1ccccc1)NC(=O)c1ccc(-c2cc(-c3cccc4ccccc34)[nH]n2)cc1. The first-order valence-electron chi connectivity index (χ1n) is 11.7. The first kappa shape index (κ1) is 21.7. The van der Waals surface area contributed by atoms with Crippen molar-refractivity contribution in [2.45, 2.75) is 25.8 Å². The summed E-state index contributed by atoms with van der Waals surface area (Å²) in [6.07, 6.45) is 1.84. The molecule has 5 aromatic rings. The normalized spacial score (nSPS) is 11.9. The van der Waals surface area contributed by atoms with Crippen molar-refractivity contribution in [3.8, 4) is 22.5 Å². The monoisotopic (exact) mass is 445 g/mol. The Bertz CT molecular complexity index is 1400. The number of nitrogens with one attached hydrogen (secondary N) is 2. The molecule has 1 amide bonds. The lowest BCUT2D eigenvalue weighted by Gasteiger charge is -2.14. The smallest absolute Gasteiger partial charge is 0.251 e. The van der Waals surface area contributed by atoms with Crippen molar-refractivity contribution in [2.75, 3.05) is 0 Å². The molecular formula is C30H27N3O. The number of aromatic nitrogens is 2. The van der Waals surface area contributed by atoms with Crippen LogP contribution in [0.25, 0.3) is 33.3 Å². The highest BCUT2D eigenvalue weighted by molar-refractivity contribution is 5.96. The van der Waals surface area contributed by atoms with Crippen molar-refractivity contribution in [3.63, 3.8) is 0 Å². The molecular weight excluding hydrogens is 418 g/mol. The van der Waals surface area contributed by atoms with Crippen molar-refractivity contribution in [1.82, 2.24) is 15.5 Å².